The van der Waals surface area contributed by atoms with Crippen molar-refractivity contribution in [3.05, 3.63) is 24.3 Å². The van der Waals surface area contributed by atoms with Crippen LogP contribution in [0, 0.1) is 0 Å². The van der Waals surface area contributed by atoms with Crippen LogP contribution in [0.5, 0.6) is 0 Å². The summed E-state index contributed by atoms with van der Waals surface area (Å²) in [7, 11) is 0. The van der Waals surface area contributed by atoms with Crippen molar-refractivity contribution in [2.45, 2.75) is 57.7 Å². The molecule has 1 aliphatic rings. The second kappa shape index (κ2) is 9.19. The van der Waals surface area contributed by atoms with Gasteiger partial charge in [0.1, 0.15) is 30.5 Å². The SMILES string of the molecule is C[C@@H]1OC(=O)/C=C\[C@H](O)[C@H](C)OC(=O)C[C@H](C)OC(=O)/C=C\[C@H]1O. The summed E-state index contributed by atoms with van der Waals surface area (Å²) in [5.74, 6) is -2.22. The summed E-state index contributed by atoms with van der Waals surface area (Å²) in [6, 6.07) is 0. The van der Waals surface area contributed by atoms with Gasteiger partial charge in [-0.15, -0.1) is 0 Å². The van der Waals surface area contributed by atoms with Gasteiger partial charge in [0.2, 0.25) is 0 Å². The van der Waals surface area contributed by atoms with E-state index in [-0.39, 0.29) is 6.42 Å². The minimum atomic E-state index is -1.22. The maximum Gasteiger partial charge on any atom is 0.330 e. The van der Waals surface area contributed by atoms with E-state index in [0.717, 1.165) is 24.3 Å². The van der Waals surface area contributed by atoms with Crippen molar-refractivity contribution in [2.24, 2.45) is 0 Å². The van der Waals surface area contributed by atoms with Crippen LogP contribution >= 0.6 is 0 Å². The van der Waals surface area contributed by atoms with Crippen molar-refractivity contribution in [3.8, 4) is 0 Å². The van der Waals surface area contributed by atoms with Crippen molar-refractivity contribution in [1.29, 1.82) is 0 Å². The normalized spacial score (nSPS) is 36.2. The lowest BCUT2D eigenvalue weighted by atomic mass is 10.2. The molecular weight excluding hydrogens is 320 g/mol. The first-order valence-electron chi connectivity index (χ1n) is 7.52. The number of hydrogen-bond donors (Lipinski definition) is 2. The van der Waals surface area contributed by atoms with Crippen LogP contribution in [0.3, 0.4) is 0 Å². The molecule has 24 heavy (non-hydrogen) atoms. The fraction of sp³-hybridized carbons (Fsp3) is 0.562. The molecule has 0 aliphatic carbocycles. The van der Waals surface area contributed by atoms with E-state index in [4.69, 9.17) is 14.2 Å². The fourth-order valence-corrected chi connectivity index (χ4v) is 1.80. The van der Waals surface area contributed by atoms with Crippen molar-refractivity contribution in [2.75, 3.05) is 0 Å². The van der Waals surface area contributed by atoms with Gasteiger partial charge in [-0.3, -0.25) is 4.79 Å². The Bertz CT molecular complexity index is 524. The van der Waals surface area contributed by atoms with Gasteiger partial charge < -0.3 is 24.4 Å². The zero-order valence-corrected chi connectivity index (χ0v) is 13.7. The van der Waals surface area contributed by atoms with Crippen LogP contribution in [0.1, 0.15) is 27.2 Å². The van der Waals surface area contributed by atoms with Crippen LogP contribution in [0.25, 0.3) is 0 Å². The number of rotatable bonds is 0. The Hall–Kier alpha value is -2.19. The molecule has 0 unspecified atom stereocenters. The zero-order chi connectivity index (χ0) is 18.3. The van der Waals surface area contributed by atoms with E-state index < -0.39 is 48.4 Å². The first kappa shape index (κ1) is 19.9. The predicted molar refractivity (Wildman–Crippen MR) is 81.6 cm³/mol. The van der Waals surface area contributed by atoms with Crippen LogP contribution < -0.4 is 0 Å². The molecule has 1 aliphatic heterocycles. The zero-order valence-electron chi connectivity index (χ0n) is 13.7. The summed E-state index contributed by atoms with van der Waals surface area (Å²) < 4.78 is 14.9. The monoisotopic (exact) mass is 342 g/mol. The molecule has 0 aromatic carbocycles. The van der Waals surface area contributed by atoms with Gasteiger partial charge in [-0.2, -0.15) is 0 Å². The molecule has 1 rings (SSSR count). The van der Waals surface area contributed by atoms with Gasteiger partial charge in [0.15, 0.2) is 0 Å². The molecule has 1 heterocycles. The molecule has 0 aromatic rings. The van der Waals surface area contributed by atoms with E-state index >= 15 is 0 Å². The topological polar surface area (TPSA) is 119 Å². The number of aliphatic hydroxyl groups is 2. The second-order valence-corrected chi connectivity index (χ2v) is 5.49. The number of hydrogen-bond acceptors (Lipinski definition) is 8. The number of ether oxygens (including phenoxy) is 3. The van der Waals surface area contributed by atoms with Gasteiger partial charge in [0.05, 0.1) is 6.42 Å². The molecule has 8 nitrogen and oxygen atoms in total. The lowest BCUT2D eigenvalue weighted by Gasteiger charge is -2.19. The van der Waals surface area contributed by atoms with Crippen molar-refractivity contribution >= 4 is 17.9 Å². The largest absolute Gasteiger partial charge is 0.459 e. The number of carbonyl (C=O) groups excluding carboxylic acids is 3. The van der Waals surface area contributed by atoms with E-state index in [0.29, 0.717) is 0 Å². The smallest absolute Gasteiger partial charge is 0.330 e. The van der Waals surface area contributed by atoms with Gasteiger partial charge in [0.25, 0.3) is 0 Å². The molecule has 0 saturated heterocycles. The molecular formula is C16H22O8. The average Bonchev–Trinajstić information content (AvgIpc) is 2.48. The number of aliphatic hydroxyl groups excluding tert-OH is 2. The number of carbonyl (C=O) groups is 3. The van der Waals surface area contributed by atoms with Crippen LogP contribution in [-0.2, 0) is 28.6 Å². The Labute approximate surface area is 139 Å². The van der Waals surface area contributed by atoms with Crippen LogP contribution in [0.4, 0.5) is 0 Å². The molecule has 0 amide bonds. The summed E-state index contributed by atoms with van der Waals surface area (Å²) >= 11 is 0. The van der Waals surface area contributed by atoms with Crippen LogP contribution in [-0.4, -0.2) is 58.6 Å². The molecule has 0 spiro atoms. The molecule has 0 aromatic heterocycles. The molecule has 2 N–H and O–H groups in total. The summed E-state index contributed by atoms with van der Waals surface area (Å²) in [5.41, 5.74) is 0. The molecule has 134 valence electrons. The quantitative estimate of drug-likeness (QED) is 0.467. The number of esters is 3. The second-order valence-electron chi connectivity index (χ2n) is 5.49. The van der Waals surface area contributed by atoms with Crippen molar-refractivity contribution < 1.29 is 38.8 Å². The summed E-state index contributed by atoms with van der Waals surface area (Å²) in [6.45, 7) is 4.41. The molecule has 0 saturated carbocycles. The first-order valence-corrected chi connectivity index (χ1v) is 7.52. The summed E-state index contributed by atoms with van der Waals surface area (Å²) in [4.78, 5) is 34.9. The van der Waals surface area contributed by atoms with E-state index in [1.54, 1.807) is 0 Å². The minimum absolute atomic E-state index is 0.193. The Balaban J connectivity index is 2.91. The fourth-order valence-electron chi connectivity index (χ4n) is 1.80. The Morgan fingerprint density at radius 3 is 1.83 bits per heavy atom. The Morgan fingerprint density at radius 1 is 0.833 bits per heavy atom. The lowest BCUT2D eigenvalue weighted by molar-refractivity contribution is -0.157. The van der Waals surface area contributed by atoms with Gasteiger partial charge in [0, 0.05) is 12.2 Å². The van der Waals surface area contributed by atoms with E-state index in [2.05, 4.69) is 0 Å². The van der Waals surface area contributed by atoms with Crippen LogP contribution in [0.15, 0.2) is 24.3 Å². The molecule has 0 radical (unpaired) electrons. The summed E-state index contributed by atoms with van der Waals surface area (Å²) in [6.07, 6.45) is -0.961. The third kappa shape index (κ3) is 6.93. The van der Waals surface area contributed by atoms with Gasteiger partial charge >= 0.3 is 17.9 Å². The number of cyclic esters (lactones) is 3. The molecule has 8 heteroatoms. The highest BCUT2D eigenvalue weighted by atomic mass is 16.6. The third-order valence-electron chi connectivity index (χ3n) is 3.21. The van der Waals surface area contributed by atoms with Gasteiger partial charge in [-0.1, -0.05) is 0 Å². The maximum absolute atomic E-state index is 11.7. The highest BCUT2D eigenvalue weighted by Crippen LogP contribution is 2.08. The molecule has 5 atom stereocenters. The molecule has 0 bridgehead atoms. The van der Waals surface area contributed by atoms with Gasteiger partial charge in [-0.05, 0) is 32.9 Å². The third-order valence-corrected chi connectivity index (χ3v) is 3.21. The maximum atomic E-state index is 11.7. The highest BCUT2D eigenvalue weighted by Gasteiger charge is 2.21. The Kier molecular flexibility index (Phi) is 7.60. The predicted octanol–water partition coefficient (Wildman–Crippen LogP) is 0.0194. The van der Waals surface area contributed by atoms with E-state index in [1.807, 2.05) is 0 Å². The van der Waals surface area contributed by atoms with E-state index in [1.165, 1.54) is 20.8 Å². The summed E-state index contributed by atoms with van der Waals surface area (Å²) in [5, 5.41) is 19.6. The standard InChI is InChI=1S/C16H22O8/c1-9-8-16(21)24-11(3)13(18)5-7-15(20)23-10(2)12(17)4-6-14(19)22-9/h4-7,9-13,17-18H,8H2,1-3H3/b6-4-,7-5-/t9-,10-,11-,12+,13-/m0/s1. The van der Waals surface area contributed by atoms with Crippen LogP contribution in [0.2, 0.25) is 0 Å². The highest BCUT2D eigenvalue weighted by molar-refractivity contribution is 5.83. The van der Waals surface area contributed by atoms with Crippen molar-refractivity contribution in [3.63, 3.8) is 0 Å². The Morgan fingerprint density at radius 2 is 1.29 bits per heavy atom. The van der Waals surface area contributed by atoms with E-state index in [9.17, 15) is 24.6 Å². The lowest BCUT2D eigenvalue weighted by Crippen LogP contribution is -2.30. The minimum Gasteiger partial charge on any atom is -0.459 e. The average molecular weight is 342 g/mol. The van der Waals surface area contributed by atoms with Crippen molar-refractivity contribution in [1.82, 2.24) is 0 Å². The molecule has 0 fully saturated rings. The van der Waals surface area contributed by atoms with Gasteiger partial charge in [-0.25, -0.2) is 9.59 Å². The first-order chi connectivity index (χ1) is 11.2.